The maximum Gasteiger partial charge on any atom is 0.125 e. The molecule has 0 amide bonds. The molecular formula is C17H24ClNOS. The molecule has 0 saturated carbocycles. The summed E-state index contributed by atoms with van der Waals surface area (Å²) in [5.41, 5.74) is 1.51. The number of rotatable bonds is 2. The lowest BCUT2D eigenvalue weighted by molar-refractivity contribution is 0.0122. The predicted octanol–water partition coefficient (Wildman–Crippen LogP) is 4.68. The second kappa shape index (κ2) is 5.68. The van der Waals surface area contributed by atoms with Crippen molar-refractivity contribution in [3.05, 3.63) is 28.8 Å². The largest absolute Gasteiger partial charge is 0.486 e. The molecule has 4 heteroatoms. The van der Waals surface area contributed by atoms with Crippen molar-refractivity contribution in [2.24, 2.45) is 5.41 Å². The van der Waals surface area contributed by atoms with E-state index in [0.717, 1.165) is 35.9 Å². The second-order valence-electron chi connectivity index (χ2n) is 7.12. The zero-order chi connectivity index (χ0) is 15.1. The Labute approximate surface area is 137 Å². The highest BCUT2D eigenvalue weighted by molar-refractivity contribution is 7.99. The number of thioether (sulfide) groups is 1. The van der Waals surface area contributed by atoms with Crippen LogP contribution in [0.1, 0.15) is 45.2 Å². The third kappa shape index (κ3) is 3.20. The van der Waals surface area contributed by atoms with Crippen LogP contribution in [0.4, 0.5) is 0 Å². The van der Waals surface area contributed by atoms with Gasteiger partial charge in [-0.15, -0.1) is 0 Å². The van der Waals surface area contributed by atoms with Gasteiger partial charge in [-0.05, 0) is 42.3 Å². The monoisotopic (exact) mass is 325 g/mol. The molecule has 0 bridgehead atoms. The molecule has 0 aliphatic carbocycles. The Balaban J connectivity index is 1.95. The average Bonchev–Trinajstić information content (AvgIpc) is 2.39. The number of benzene rings is 1. The summed E-state index contributed by atoms with van der Waals surface area (Å²) in [6, 6.07) is 6.36. The average molecular weight is 326 g/mol. The minimum atomic E-state index is -0.0416. The maximum atomic E-state index is 6.51. The van der Waals surface area contributed by atoms with Gasteiger partial charge in [-0.1, -0.05) is 32.4 Å². The van der Waals surface area contributed by atoms with Gasteiger partial charge in [0.2, 0.25) is 0 Å². The molecule has 2 aliphatic heterocycles. The van der Waals surface area contributed by atoms with Crippen molar-refractivity contribution < 1.29 is 4.74 Å². The molecule has 21 heavy (non-hydrogen) atoms. The molecule has 1 saturated heterocycles. The number of halogens is 1. The second-order valence-corrected chi connectivity index (χ2v) is 8.54. The van der Waals surface area contributed by atoms with Crippen LogP contribution in [0.5, 0.6) is 5.75 Å². The van der Waals surface area contributed by atoms with Crippen molar-refractivity contribution in [3.63, 3.8) is 0 Å². The Morgan fingerprint density at radius 2 is 2.19 bits per heavy atom. The summed E-state index contributed by atoms with van der Waals surface area (Å²) in [6.07, 6.45) is 2.15. The van der Waals surface area contributed by atoms with Crippen molar-refractivity contribution in [1.29, 1.82) is 0 Å². The quantitative estimate of drug-likeness (QED) is 0.853. The third-order valence-electron chi connectivity index (χ3n) is 4.36. The van der Waals surface area contributed by atoms with E-state index in [-0.39, 0.29) is 5.60 Å². The maximum absolute atomic E-state index is 6.51. The molecule has 0 radical (unpaired) electrons. The van der Waals surface area contributed by atoms with Gasteiger partial charge in [-0.3, -0.25) is 0 Å². The summed E-state index contributed by atoms with van der Waals surface area (Å²) in [7, 11) is 0. The molecule has 116 valence electrons. The van der Waals surface area contributed by atoms with Crippen LogP contribution < -0.4 is 10.1 Å². The van der Waals surface area contributed by atoms with Crippen molar-refractivity contribution >= 4 is 23.4 Å². The summed E-state index contributed by atoms with van der Waals surface area (Å²) < 4.78 is 6.51. The molecule has 2 nitrogen and oxygen atoms in total. The van der Waals surface area contributed by atoms with Crippen LogP contribution >= 0.6 is 23.4 Å². The fourth-order valence-electron chi connectivity index (χ4n) is 3.75. The van der Waals surface area contributed by atoms with Crippen LogP contribution in [0.25, 0.3) is 0 Å². The van der Waals surface area contributed by atoms with Crippen LogP contribution in [0, 0.1) is 5.41 Å². The molecule has 3 rings (SSSR count). The molecule has 2 unspecified atom stereocenters. The zero-order valence-corrected chi connectivity index (χ0v) is 14.6. The normalized spacial score (nSPS) is 30.8. The van der Waals surface area contributed by atoms with Crippen molar-refractivity contribution in [1.82, 2.24) is 5.32 Å². The summed E-state index contributed by atoms with van der Waals surface area (Å²) in [4.78, 5) is 0. The highest BCUT2D eigenvalue weighted by Gasteiger charge is 2.47. The number of hydrogen-bond acceptors (Lipinski definition) is 3. The van der Waals surface area contributed by atoms with Crippen LogP contribution in [0.2, 0.25) is 5.02 Å². The van der Waals surface area contributed by atoms with Crippen LogP contribution in [0.3, 0.4) is 0 Å². The first kappa shape index (κ1) is 15.5. The van der Waals surface area contributed by atoms with E-state index in [2.05, 4.69) is 32.2 Å². The van der Waals surface area contributed by atoms with E-state index < -0.39 is 0 Å². The van der Waals surface area contributed by atoms with Crippen molar-refractivity contribution in [3.8, 4) is 5.75 Å². The summed E-state index contributed by atoms with van der Waals surface area (Å²) >= 11 is 8.20. The number of fused-ring (bicyclic) bond motifs is 1. The Kier molecular flexibility index (Phi) is 4.19. The lowest BCUT2D eigenvalue weighted by Gasteiger charge is -2.49. The summed E-state index contributed by atoms with van der Waals surface area (Å²) in [5, 5.41) is 4.41. The first-order valence-corrected chi connectivity index (χ1v) is 9.26. The third-order valence-corrected chi connectivity index (χ3v) is 6.31. The molecule has 1 spiro atoms. The molecule has 2 atom stereocenters. The molecule has 2 aliphatic rings. The highest BCUT2D eigenvalue weighted by atomic mass is 35.5. The molecular weight excluding hydrogens is 302 g/mol. The van der Waals surface area contributed by atoms with Gasteiger partial charge in [-0.25, -0.2) is 0 Å². The molecule has 0 aromatic heterocycles. The SMILES string of the molecule is CCNC1CC2(CSCC(C)(C)C2)Oc2ccc(Cl)cc21. The van der Waals surface area contributed by atoms with Gasteiger partial charge in [0.05, 0.1) is 0 Å². The smallest absolute Gasteiger partial charge is 0.125 e. The Morgan fingerprint density at radius 1 is 1.38 bits per heavy atom. The minimum Gasteiger partial charge on any atom is -0.486 e. The topological polar surface area (TPSA) is 21.3 Å². The fourth-order valence-corrected chi connectivity index (χ4v) is 5.34. The number of nitrogens with one attached hydrogen (secondary N) is 1. The van der Waals surface area contributed by atoms with E-state index in [0.29, 0.717) is 11.5 Å². The molecule has 2 heterocycles. The molecule has 1 fully saturated rings. The van der Waals surface area contributed by atoms with E-state index in [1.165, 1.54) is 11.3 Å². The predicted molar refractivity (Wildman–Crippen MR) is 91.6 cm³/mol. The van der Waals surface area contributed by atoms with Crippen LogP contribution in [-0.4, -0.2) is 23.7 Å². The van der Waals surface area contributed by atoms with Crippen molar-refractivity contribution in [2.45, 2.75) is 45.3 Å². The number of ether oxygens (including phenoxy) is 1. The first-order chi connectivity index (χ1) is 9.93. The zero-order valence-electron chi connectivity index (χ0n) is 13.0. The molecule has 1 N–H and O–H groups in total. The summed E-state index contributed by atoms with van der Waals surface area (Å²) in [5.74, 6) is 3.31. The fraction of sp³-hybridized carbons (Fsp3) is 0.647. The van der Waals surface area contributed by atoms with Gasteiger partial charge >= 0.3 is 0 Å². The number of hydrogen-bond donors (Lipinski definition) is 1. The highest BCUT2D eigenvalue weighted by Crippen LogP contribution is 2.49. The van der Waals surface area contributed by atoms with Crippen LogP contribution in [-0.2, 0) is 0 Å². The van der Waals surface area contributed by atoms with Gasteiger partial charge in [0.1, 0.15) is 11.4 Å². The molecule has 1 aromatic carbocycles. The van der Waals surface area contributed by atoms with E-state index in [4.69, 9.17) is 16.3 Å². The molecule has 1 aromatic rings. The lowest BCUT2D eigenvalue weighted by Crippen LogP contribution is -2.51. The van der Waals surface area contributed by atoms with Gasteiger partial charge in [-0.2, -0.15) is 11.8 Å². The first-order valence-electron chi connectivity index (χ1n) is 7.73. The van der Waals surface area contributed by atoms with Gasteiger partial charge in [0, 0.05) is 28.8 Å². The standard InChI is InChI=1S/C17H24ClNOS/c1-4-19-14-8-17(9-16(2,3)10-21-11-17)20-15-6-5-12(18)7-13(14)15/h5-7,14,19H,4,8-11H2,1-3H3. The Bertz CT molecular complexity index is 534. The van der Waals surface area contributed by atoms with Gasteiger partial charge in [0.25, 0.3) is 0 Å². The van der Waals surface area contributed by atoms with E-state index >= 15 is 0 Å². The van der Waals surface area contributed by atoms with E-state index in [9.17, 15) is 0 Å². The van der Waals surface area contributed by atoms with Gasteiger partial charge in [0.15, 0.2) is 0 Å². The lowest BCUT2D eigenvalue weighted by atomic mass is 9.76. The van der Waals surface area contributed by atoms with Crippen LogP contribution in [0.15, 0.2) is 18.2 Å². The Morgan fingerprint density at radius 3 is 2.90 bits per heavy atom. The van der Waals surface area contributed by atoms with E-state index in [1.54, 1.807) is 0 Å². The summed E-state index contributed by atoms with van der Waals surface area (Å²) in [6.45, 7) is 7.82. The Hall–Kier alpha value is -0.380. The van der Waals surface area contributed by atoms with Gasteiger partial charge < -0.3 is 10.1 Å². The van der Waals surface area contributed by atoms with Crippen molar-refractivity contribution in [2.75, 3.05) is 18.1 Å². The van der Waals surface area contributed by atoms with E-state index in [1.807, 2.05) is 23.9 Å². The minimum absolute atomic E-state index is 0.0416.